The fraction of sp³-hybridized carbons (Fsp3) is 0.360. The summed E-state index contributed by atoms with van der Waals surface area (Å²) in [5.41, 5.74) is 1.96. The third-order valence-corrected chi connectivity index (χ3v) is 6.39. The highest BCUT2D eigenvalue weighted by molar-refractivity contribution is 5.89. The Morgan fingerprint density at radius 3 is 2.69 bits per heavy atom. The first-order chi connectivity index (χ1) is 17.4. The maximum Gasteiger partial charge on any atom is 0.410 e. The van der Waals surface area contributed by atoms with E-state index in [9.17, 15) is 4.79 Å². The van der Waals surface area contributed by atoms with Gasteiger partial charge in [0.15, 0.2) is 5.82 Å². The molecule has 36 heavy (non-hydrogen) atoms. The number of likely N-dealkylation sites (tertiary alicyclic amines) is 1. The van der Waals surface area contributed by atoms with Crippen LogP contribution < -0.4 is 10.2 Å². The first kappa shape index (κ1) is 22.2. The summed E-state index contributed by atoms with van der Waals surface area (Å²) in [6.45, 7) is 7.03. The minimum Gasteiger partial charge on any atom is -0.444 e. The molecular formula is C25H27N9O2. The molecule has 4 aromatic heterocycles. The number of nitrogens with zero attached hydrogens (tertiary/aromatic N) is 8. The molecular weight excluding hydrogens is 458 g/mol. The molecule has 2 aliphatic heterocycles. The molecule has 0 aromatic carbocycles. The molecule has 6 heterocycles. The van der Waals surface area contributed by atoms with Crippen LogP contribution in [0, 0.1) is 0 Å². The number of pyridine rings is 2. The fourth-order valence-electron chi connectivity index (χ4n) is 4.91. The second kappa shape index (κ2) is 8.43. The van der Waals surface area contributed by atoms with Crippen LogP contribution in [-0.4, -0.2) is 71.5 Å². The van der Waals surface area contributed by atoms with Crippen molar-refractivity contribution >= 4 is 34.6 Å². The van der Waals surface area contributed by atoms with Crippen molar-refractivity contribution in [3.63, 3.8) is 0 Å². The van der Waals surface area contributed by atoms with Crippen molar-refractivity contribution in [3.05, 3.63) is 55.2 Å². The molecule has 184 valence electrons. The van der Waals surface area contributed by atoms with Gasteiger partial charge in [0.25, 0.3) is 0 Å². The Morgan fingerprint density at radius 1 is 1.06 bits per heavy atom. The minimum absolute atomic E-state index is 0.118. The van der Waals surface area contributed by atoms with Gasteiger partial charge >= 0.3 is 6.09 Å². The van der Waals surface area contributed by atoms with E-state index < -0.39 is 5.60 Å². The predicted octanol–water partition coefficient (Wildman–Crippen LogP) is 3.55. The number of fused-ring (bicyclic) bond motifs is 3. The van der Waals surface area contributed by atoms with Crippen molar-refractivity contribution < 1.29 is 9.53 Å². The SMILES string of the molecule is CC(C)(C)OC(=O)N1C[C@@H]2C[C@H]1CN2c1cc(-n2nc(Nc3cnccn3)c3ncccc32)ccn1. The van der Waals surface area contributed by atoms with Crippen molar-refractivity contribution in [2.75, 3.05) is 23.3 Å². The van der Waals surface area contributed by atoms with Crippen LogP contribution in [0.15, 0.2) is 55.2 Å². The molecule has 0 aliphatic carbocycles. The molecule has 1 amide bonds. The van der Waals surface area contributed by atoms with E-state index in [0.717, 1.165) is 35.5 Å². The number of carbonyl (C=O) groups is 1. The van der Waals surface area contributed by atoms with E-state index in [2.05, 4.69) is 30.2 Å². The Hall–Kier alpha value is -4.28. The number of amides is 1. The van der Waals surface area contributed by atoms with Crippen LogP contribution >= 0.6 is 0 Å². The minimum atomic E-state index is -0.503. The van der Waals surface area contributed by atoms with E-state index in [1.54, 1.807) is 31.0 Å². The number of hydrogen-bond acceptors (Lipinski definition) is 9. The van der Waals surface area contributed by atoms with Crippen molar-refractivity contribution in [2.24, 2.45) is 0 Å². The normalized spacial score (nSPS) is 19.2. The van der Waals surface area contributed by atoms with E-state index >= 15 is 0 Å². The number of rotatable bonds is 4. The lowest BCUT2D eigenvalue weighted by Crippen LogP contribution is -2.50. The topological polar surface area (TPSA) is 114 Å². The molecule has 4 aromatic rings. The fourth-order valence-corrected chi connectivity index (χ4v) is 4.91. The highest BCUT2D eigenvalue weighted by atomic mass is 16.6. The molecule has 0 radical (unpaired) electrons. The third-order valence-electron chi connectivity index (χ3n) is 6.39. The van der Waals surface area contributed by atoms with Crippen LogP contribution in [0.4, 0.5) is 22.2 Å². The van der Waals surface area contributed by atoms with Crippen molar-refractivity contribution in [1.29, 1.82) is 0 Å². The summed E-state index contributed by atoms with van der Waals surface area (Å²) >= 11 is 0. The maximum absolute atomic E-state index is 12.6. The van der Waals surface area contributed by atoms with Crippen LogP contribution in [0.3, 0.4) is 0 Å². The van der Waals surface area contributed by atoms with Gasteiger partial charge in [-0.3, -0.25) is 9.97 Å². The molecule has 11 heteroatoms. The largest absolute Gasteiger partial charge is 0.444 e. The zero-order valence-corrected chi connectivity index (χ0v) is 20.4. The lowest BCUT2D eigenvalue weighted by molar-refractivity contribution is 0.0214. The smallest absolute Gasteiger partial charge is 0.410 e. The molecule has 2 bridgehead atoms. The van der Waals surface area contributed by atoms with Gasteiger partial charge in [-0.15, -0.1) is 5.10 Å². The third kappa shape index (κ3) is 4.06. The molecule has 0 saturated carbocycles. The van der Waals surface area contributed by atoms with E-state index in [0.29, 0.717) is 18.2 Å². The number of ether oxygens (including phenoxy) is 1. The van der Waals surface area contributed by atoms with Crippen molar-refractivity contribution in [2.45, 2.75) is 44.9 Å². The number of carbonyl (C=O) groups excluding carboxylic acids is 1. The Bertz CT molecular complexity index is 1420. The Labute approximate surface area is 208 Å². The second-order valence-corrected chi connectivity index (χ2v) is 10.0. The maximum atomic E-state index is 12.6. The molecule has 2 atom stereocenters. The zero-order chi connectivity index (χ0) is 24.9. The molecule has 2 fully saturated rings. The monoisotopic (exact) mass is 485 g/mol. The Balaban J connectivity index is 1.26. The number of piperazine rings is 1. The average Bonchev–Trinajstić information content (AvgIpc) is 3.57. The van der Waals surface area contributed by atoms with Gasteiger partial charge in [0.2, 0.25) is 0 Å². The summed E-state index contributed by atoms with van der Waals surface area (Å²) in [4.78, 5) is 34.3. The number of hydrogen-bond donors (Lipinski definition) is 1. The first-order valence-corrected chi connectivity index (χ1v) is 12.0. The summed E-state index contributed by atoms with van der Waals surface area (Å²) in [6.07, 6.45) is 9.09. The summed E-state index contributed by atoms with van der Waals surface area (Å²) in [7, 11) is 0. The summed E-state index contributed by atoms with van der Waals surface area (Å²) < 4.78 is 7.45. The van der Waals surface area contributed by atoms with Crippen LogP contribution in [0.2, 0.25) is 0 Å². The first-order valence-electron chi connectivity index (χ1n) is 12.0. The lowest BCUT2D eigenvalue weighted by atomic mass is 10.2. The van der Waals surface area contributed by atoms with Gasteiger partial charge in [-0.2, -0.15) is 0 Å². The van der Waals surface area contributed by atoms with Crippen molar-refractivity contribution in [3.8, 4) is 5.69 Å². The van der Waals surface area contributed by atoms with E-state index in [1.807, 2.05) is 54.6 Å². The molecule has 0 spiro atoms. The van der Waals surface area contributed by atoms with E-state index in [4.69, 9.17) is 9.84 Å². The molecule has 0 unspecified atom stereocenters. The number of aromatic nitrogens is 6. The summed E-state index contributed by atoms with van der Waals surface area (Å²) in [5.74, 6) is 2.05. The second-order valence-electron chi connectivity index (χ2n) is 10.0. The van der Waals surface area contributed by atoms with Gasteiger partial charge in [0.05, 0.1) is 29.5 Å². The molecule has 11 nitrogen and oxygen atoms in total. The van der Waals surface area contributed by atoms with Crippen LogP contribution in [-0.2, 0) is 4.74 Å². The molecule has 1 N–H and O–H groups in total. The highest BCUT2D eigenvalue weighted by Gasteiger charge is 2.47. The predicted molar refractivity (Wildman–Crippen MR) is 134 cm³/mol. The summed E-state index contributed by atoms with van der Waals surface area (Å²) in [6, 6.07) is 8.15. The van der Waals surface area contributed by atoms with Gasteiger partial charge in [0.1, 0.15) is 22.8 Å². The number of anilines is 3. The lowest BCUT2D eigenvalue weighted by Gasteiger charge is -2.35. The van der Waals surface area contributed by atoms with Crippen LogP contribution in [0.1, 0.15) is 27.2 Å². The average molecular weight is 486 g/mol. The van der Waals surface area contributed by atoms with E-state index in [1.165, 1.54) is 0 Å². The van der Waals surface area contributed by atoms with Crippen LogP contribution in [0.5, 0.6) is 0 Å². The summed E-state index contributed by atoms with van der Waals surface area (Å²) in [5, 5.41) is 8.02. The quantitative estimate of drug-likeness (QED) is 0.463. The Kier molecular flexibility index (Phi) is 5.20. The van der Waals surface area contributed by atoms with Gasteiger partial charge in [-0.05, 0) is 45.4 Å². The highest BCUT2D eigenvalue weighted by Crippen LogP contribution is 2.35. The Morgan fingerprint density at radius 2 is 1.94 bits per heavy atom. The number of nitrogens with one attached hydrogen (secondary N) is 1. The molecule has 2 aliphatic rings. The van der Waals surface area contributed by atoms with Crippen molar-refractivity contribution in [1.82, 2.24) is 34.6 Å². The van der Waals surface area contributed by atoms with E-state index in [-0.39, 0.29) is 18.2 Å². The molecule has 2 saturated heterocycles. The standard InChI is InChI=1S/C25H27N9O2/c1-25(2,3)36-24(35)33-15-17-11-18(33)14-32(17)21-12-16(6-8-28-21)34-19-5-4-7-29-22(19)23(31-34)30-20-13-26-9-10-27-20/h4-10,12-13,17-18H,11,14-15H2,1-3H3,(H,27,30,31)/t17-,18-/m0/s1. The van der Waals surface area contributed by atoms with Gasteiger partial charge in [-0.25, -0.2) is 19.4 Å². The molecule has 6 rings (SSSR count). The van der Waals surface area contributed by atoms with Gasteiger partial charge in [0, 0.05) is 43.9 Å². The van der Waals surface area contributed by atoms with Crippen LogP contribution in [0.25, 0.3) is 16.7 Å². The van der Waals surface area contributed by atoms with Gasteiger partial charge < -0.3 is 19.9 Å². The van der Waals surface area contributed by atoms with Gasteiger partial charge in [-0.1, -0.05) is 0 Å². The zero-order valence-electron chi connectivity index (χ0n) is 20.4.